The monoisotopic (exact) mass is 309 g/mol. The van der Waals surface area contributed by atoms with E-state index in [2.05, 4.69) is 10.3 Å². The summed E-state index contributed by atoms with van der Waals surface area (Å²) >= 11 is 0. The predicted octanol–water partition coefficient (Wildman–Crippen LogP) is 2.60. The van der Waals surface area contributed by atoms with Crippen LogP contribution < -0.4 is 10.1 Å². The minimum absolute atomic E-state index is 0.104. The Morgan fingerprint density at radius 3 is 2.83 bits per heavy atom. The average Bonchev–Trinajstić information content (AvgIpc) is 3.06. The molecule has 2 fully saturated rings. The van der Waals surface area contributed by atoms with Crippen LogP contribution in [0.3, 0.4) is 0 Å². The largest absolute Gasteiger partial charge is 0.473 e. The first kappa shape index (κ1) is 14.2. The van der Waals surface area contributed by atoms with E-state index in [9.17, 15) is 4.39 Å². The number of ether oxygens (including phenoxy) is 1. The number of halogens is 1. The van der Waals surface area contributed by atoms with Gasteiger partial charge in [-0.25, -0.2) is 9.37 Å². The lowest BCUT2D eigenvalue weighted by Gasteiger charge is -2.09. The molecular weight excluding hydrogens is 293 g/mol. The van der Waals surface area contributed by atoms with Gasteiger partial charge in [-0.3, -0.25) is 0 Å². The van der Waals surface area contributed by atoms with Crippen LogP contribution in [0.25, 0.3) is 0 Å². The summed E-state index contributed by atoms with van der Waals surface area (Å²) in [5, 5.41) is 12.1. The first-order valence-electron chi connectivity index (χ1n) is 7.75. The summed E-state index contributed by atoms with van der Waals surface area (Å²) in [5.41, 5.74) is 1.79. The number of pyridine rings is 1. The standard InChI is InChI=1S/C18H16FN3O/c19-15-6-11(7-20)4-5-12(15)10-23-17-3-1-2-16(22-17)18-13-8-21-9-14(13)18/h1-6,13-14,18,21H,8-10H2/t13-,14+,18-. The Balaban J connectivity index is 1.44. The van der Waals surface area contributed by atoms with Gasteiger partial charge in [0.2, 0.25) is 5.88 Å². The minimum Gasteiger partial charge on any atom is -0.473 e. The van der Waals surface area contributed by atoms with Gasteiger partial charge in [-0.15, -0.1) is 0 Å². The fourth-order valence-corrected chi connectivity index (χ4v) is 3.44. The molecule has 1 saturated carbocycles. The highest BCUT2D eigenvalue weighted by atomic mass is 19.1. The van der Waals surface area contributed by atoms with Crippen molar-refractivity contribution in [3.8, 4) is 11.9 Å². The summed E-state index contributed by atoms with van der Waals surface area (Å²) in [7, 11) is 0. The van der Waals surface area contributed by atoms with Crippen LogP contribution in [-0.4, -0.2) is 18.1 Å². The van der Waals surface area contributed by atoms with Crippen molar-refractivity contribution in [3.05, 3.63) is 59.0 Å². The Labute approximate surface area is 133 Å². The molecule has 116 valence electrons. The molecule has 4 nitrogen and oxygen atoms in total. The number of hydrogen-bond acceptors (Lipinski definition) is 4. The highest BCUT2D eigenvalue weighted by molar-refractivity contribution is 5.33. The van der Waals surface area contributed by atoms with Crippen LogP contribution in [0.1, 0.15) is 22.7 Å². The van der Waals surface area contributed by atoms with Crippen LogP contribution in [0, 0.1) is 29.0 Å². The van der Waals surface area contributed by atoms with Crippen LogP contribution in [0.2, 0.25) is 0 Å². The van der Waals surface area contributed by atoms with Crippen LogP contribution in [0.4, 0.5) is 4.39 Å². The van der Waals surface area contributed by atoms with Crippen LogP contribution in [0.15, 0.2) is 36.4 Å². The number of nitriles is 1. The number of piperidine rings is 1. The van der Waals surface area contributed by atoms with Gasteiger partial charge >= 0.3 is 0 Å². The zero-order valence-corrected chi connectivity index (χ0v) is 12.5. The molecule has 1 aromatic heterocycles. The molecule has 0 amide bonds. The molecule has 0 bridgehead atoms. The van der Waals surface area contributed by atoms with Gasteiger partial charge in [-0.2, -0.15) is 5.26 Å². The fraction of sp³-hybridized carbons (Fsp3) is 0.333. The molecule has 3 atom stereocenters. The van der Waals surface area contributed by atoms with Crippen LogP contribution in [0.5, 0.6) is 5.88 Å². The lowest BCUT2D eigenvalue weighted by atomic mass is 10.1. The molecule has 4 rings (SSSR count). The zero-order valence-electron chi connectivity index (χ0n) is 12.5. The Morgan fingerprint density at radius 2 is 2.09 bits per heavy atom. The maximum atomic E-state index is 13.9. The zero-order chi connectivity index (χ0) is 15.8. The molecule has 1 aliphatic heterocycles. The van der Waals surface area contributed by atoms with Gasteiger partial charge in [-0.1, -0.05) is 12.1 Å². The minimum atomic E-state index is -0.428. The summed E-state index contributed by atoms with van der Waals surface area (Å²) in [5.74, 6) is 2.03. The third kappa shape index (κ3) is 2.66. The first-order chi connectivity index (χ1) is 11.3. The summed E-state index contributed by atoms with van der Waals surface area (Å²) in [6, 6.07) is 12.1. The van der Waals surface area contributed by atoms with E-state index in [0.717, 1.165) is 18.8 Å². The lowest BCUT2D eigenvalue weighted by molar-refractivity contribution is 0.287. The summed E-state index contributed by atoms with van der Waals surface area (Å²) in [6.45, 7) is 2.24. The Hall–Kier alpha value is -2.45. The van der Waals surface area contributed by atoms with Gasteiger partial charge in [0.1, 0.15) is 12.4 Å². The summed E-state index contributed by atoms with van der Waals surface area (Å²) in [4.78, 5) is 4.57. The second kappa shape index (κ2) is 5.64. The van der Waals surface area contributed by atoms with Gasteiger partial charge in [0.15, 0.2) is 0 Å². The molecule has 2 heterocycles. The second-order valence-corrected chi connectivity index (χ2v) is 6.12. The molecule has 2 aliphatic rings. The highest BCUT2D eigenvalue weighted by Gasteiger charge is 2.54. The number of rotatable bonds is 4. The normalized spacial score (nSPS) is 24.8. The van der Waals surface area contributed by atoms with E-state index in [1.165, 1.54) is 6.07 Å². The summed E-state index contributed by atoms with van der Waals surface area (Å²) < 4.78 is 19.5. The molecule has 1 N–H and O–H groups in total. The Kier molecular flexibility index (Phi) is 3.47. The molecule has 1 saturated heterocycles. The molecule has 1 aromatic carbocycles. The Bertz CT molecular complexity index is 776. The van der Waals surface area contributed by atoms with Crippen molar-refractivity contribution in [2.24, 2.45) is 11.8 Å². The van der Waals surface area contributed by atoms with Gasteiger partial charge in [0.25, 0.3) is 0 Å². The van der Waals surface area contributed by atoms with Crippen molar-refractivity contribution in [1.82, 2.24) is 10.3 Å². The predicted molar refractivity (Wildman–Crippen MR) is 82.3 cm³/mol. The van der Waals surface area contributed by atoms with Crippen molar-refractivity contribution in [2.45, 2.75) is 12.5 Å². The van der Waals surface area contributed by atoms with Gasteiger partial charge in [0.05, 0.1) is 11.6 Å². The maximum absolute atomic E-state index is 13.9. The van der Waals surface area contributed by atoms with Crippen molar-refractivity contribution >= 4 is 0 Å². The van der Waals surface area contributed by atoms with Gasteiger partial charge in [-0.05, 0) is 43.1 Å². The molecule has 0 unspecified atom stereocenters. The van der Waals surface area contributed by atoms with Crippen LogP contribution >= 0.6 is 0 Å². The smallest absolute Gasteiger partial charge is 0.213 e. The second-order valence-electron chi connectivity index (χ2n) is 6.12. The van der Waals surface area contributed by atoms with Crippen molar-refractivity contribution in [1.29, 1.82) is 5.26 Å². The Morgan fingerprint density at radius 1 is 1.26 bits per heavy atom. The van der Waals surface area contributed by atoms with Crippen molar-refractivity contribution in [2.75, 3.05) is 13.1 Å². The quantitative estimate of drug-likeness (QED) is 0.943. The third-order valence-electron chi connectivity index (χ3n) is 4.74. The average molecular weight is 309 g/mol. The maximum Gasteiger partial charge on any atom is 0.213 e. The summed E-state index contributed by atoms with van der Waals surface area (Å²) in [6.07, 6.45) is 0. The van der Waals surface area contributed by atoms with Crippen molar-refractivity contribution < 1.29 is 9.13 Å². The molecule has 5 heteroatoms. The van der Waals surface area contributed by atoms with Gasteiger partial charge < -0.3 is 10.1 Å². The van der Waals surface area contributed by atoms with E-state index < -0.39 is 5.82 Å². The molecular formula is C18H16FN3O. The number of nitrogens with one attached hydrogen (secondary N) is 1. The molecule has 1 aliphatic carbocycles. The number of aromatic nitrogens is 1. The molecule has 0 radical (unpaired) electrons. The van der Waals surface area contributed by atoms with E-state index in [1.54, 1.807) is 18.2 Å². The van der Waals surface area contributed by atoms with E-state index in [-0.39, 0.29) is 6.61 Å². The lowest BCUT2D eigenvalue weighted by Crippen LogP contribution is -2.14. The molecule has 23 heavy (non-hydrogen) atoms. The van der Waals surface area contributed by atoms with Gasteiger partial charge in [0, 0.05) is 23.2 Å². The number of fused-ring (bicyclic) bond motifs is 1. The molecule has 0 spiro atoms. The van der Waals surface area contributed by atoms with E-state index in [4.69, 9.17) is 10.00 Å². The van der Waals surface area contributed by atoms with E-state index in [1.807, 2.05) is 18.2 Å². The molecule has 2 aromatic rings. The number of hydrogen-bond donors (Lipinski definition) is 1. The number of nitrogens with zero attached hydrogens (tertiary/aromatic N) is 2. The van der Waals surface area contributed by atoms with E-state index in [0.29, 0.717) is 34.8 Å². The van der Waals surface area contributed by atoms with Crippen molar-refractivity contribution in [3.63, 3.8) is 0 Å². The topological polar surface area (TPSA) is 57.9 Å². The highest BCUT2D eigenvalue weighted by Crippen LogP contribution is 2.55. The first-order valence-corrected chi connectivity index (χ1v) is 7.75. The van der Waals surface area contributed by atoms with Crippen LogP contribution in [-0.2, 0) is 6.61 Å². The SMILES string of the molecule is N#Cc1ccc(COc2cccc([C@@H]3[C@@H]4CNC[C@@H]43)n2)c(F)c1. The fourth-order valence-electron chi connectivity index (χ4n) is 3.44. The van der Waals surface area contributed by atoms with E-state index >= 15 is 0 Å². The third-order valence-corrected chi connectivity index (χ3v) is 4.74. The number of benzene rings is 1.